The first-order valence-electron chi connectivity index (χ1n) is 33.5. The van der Waals surface area contributed by atoms with Gasteiger partial charge in [0.2, 0.25) is 5.91 Å². The third kappa shape index (κ3) is 31.5. The van der Waals surface area contributed by atoms with Crippen molar-refractivity contribution in [1.29, 1.82) is 0 Å². The van der Waals surface area contributed by atoms with Gasteiger partial charge >= 0.3 is 0 Å². The van der Waals surface area contributed by atoms with Gasteiger partial charge in [0.05, 0.1) is 38.6 Å². The van der Waals surface area contributed by atoms with Crippen molar-refractivity contribution in [2.45, 2.75) is 330 Å². The van der Waals surface area contributed by atoms with Gasteiger partial charge in [-0.3, -0.25) is 4.79 Å². The highest BCUT2D eigenvalue weighted by atomic mass is 16.8. The Kier molecular flexibility index (Phi) is 44.5. The molecule has 3 fully saturated rings. The number of amides is 1. The first-order valence-corrected chi connectivity index (χ1v) is 33.5. The SMILES string of the molecule is CC/C=C\C/C=C\C/C=C\C/C=C\C/C=C\CCCCCCCC(=O)NC(COC1OC(CO)C(OC2OC(CO)C(OC3OC(CO)C(O)C(O)C3O)C(O)C2O)C(O)C1O)C(O)CCCCCCCCCCCCCCCCCCCCCC. The van der Waals surface area contributed by atoms with Gasteiger partial charge in [-0.15, -0.1) is 0 Å². The number of carbonyl (C=O) groups is 1. The van der Waals surface area contributed by atoms with E-state index in [0.717, 1.165) is 89.9 Å². The van der Waals surface area contributed by atoms with E-state index in [1.54, 1.807) is 0 Å². The van der Waals surface area contributed by atoms with Crippen molar-refractivity contribution in [3.8, 4) is 0 Å². The molecule has 3 saturated heterocycles. The molecule has 0 aromatic carbocycles. The van der Waals surface area contributed by atoms with Gasteiger partial charge in [-0.2, -0.15) is 0 Å². The van der Waals surface area contributed by atoms with Crippen molar-refractivity contribution < 1.29 is 89.4 Å². The number of unbranched alkanes of at least 4 members (excludes halogenated alkanes) is 24. The molecule has 0 aliphatic carbocycles. The lowest BCUT2D eigenvalue weighted by Crippen LogP contribution is -2.66. The third-order valence-electron chi connectivity index (χ3n) is 16.6. The second kappa shape index (κ2) is 49.2. The van der Waals surface area contributed by atoms with Crippen molar-refractivity contribution in [2.24, 2.45) is 0 Å². The Morgan fingerprint density at radius 1 is 0.430 bits per heavy atom. The minimum atomic E-state index is -1.98. The van der Waals surface area contributed by atoms with Crippen LogP contribution in [0.3, 0.4) is 0 Å². The highest BCUT2D eigenvalue weighted by Gasteiger charge is 2.53. The van der Waals surface area contributed by atoms with Gasteiger partial charge in [0.25, 0.3) is 0 Å². The molecule has 17 atom stereocenters. The number of nitrogens with one attached hydrogen (secondary N) is 1. The van der Waals surface area contributed by atoms with Crippen molar-refractivity contribution in [3.05, 3.63) is 60.8 Å². The van der Waals surface area contributed by atoms with Crippen molar-refractivity contribution in [1.82, 2.24) is 5.32 Å². The Balaban J connectivity index is 1.46. The van der Waals surface area contributed by atoms with Gasteiger partial charge in [-0.25, -0.2) is 0 Å². The quantitative estimate of drug-likeness (QED) is 0.0203. The number of carbonyl (C=O) groups excluding carboxylic acids is 1. The van der Waals surface area contributed by atoms with Gasteiger partial charge in [0.1, 0.15) is 73.2 Å². The zero-order valence-corrected chi connectivity index (χ0v) is 52.5. The summed E-state index contributed by atoms with van der Waals surface area (Å²) in [6, 6.07) is -0.901. The summed E-state index contributed by atoms with van der Waals surface area (Å²) in [6.45, 7) is 1.67. The second-order valence-electron chi connectivity index (χ2n) is 23.9. The van der Waals surface area contributed by atoms with Gasteiger partial charge in [-0.1, -0.05) is 222 Å². The summed E-state index contributed by atoms with van der Waals surface area (Å²) in [5.74, 6) is -0.262. The molecule has 1 amide bonds. The van der Waals surface area contributed by atoms with Crippen LogP contribution in [-0.2, 0) is 33.2 Å². The normalized spacial score (nSPS) is 29.2. The number of rotatable bonds is 50. The molecule has 0 bridgehead atoms. The Labute approximate surface area is 515 Å². The fourth-order valence-electron chi connectivity index (χ4n) is 11.2. The molecule has 86 heavy (non-hydrogen) atoms. The zero-order chi connectivity index (χ0) is 62.6. The van der Waals surface area contributed by atoms with E-state index in [4.69, 9.17) is 28.4 Å². The summed E-state index contributed by atoms with van der Waals surface area (Å²) in [6.07, 6.45) is 31.4. The lowest BCUT2D eigenvalue weighted by molar-refractivity contribution is -0.379. The van der Waals surface area contributed by atoms with Gasteiger partial charge in [0, 0.05) is 6.42 Å². The van der Waals surface area contributed by atoms with E-state index in [1.165, 1.54) is 103 Å². The van der Waals surface area contributed by atoms with Crippen molar-refractivity contribution in [3.63, 3.8) is 0 Å². The molecule has 19 nitrogen and oxygen atoms in total. The fourth-order valence-corrected chi connectivity index (χ4v) is 11.2. The summed E-state index contributed by atoms with van der Waals surface area (Å²) in [7, 11) is 0. The molecule has 3 aliphatic heterocycles. The molecule has 3 heterocycles. The van der Waals surface area contributed by atoms with Crippen molar-refractivity contribution >= 4 is 5.91 Å². The van der Waals surface area contributed by atoms with Crippen LogP contribution in [0.25, 0.3) is 0 Å². The highest BCUT2D eigenvalue weighted by molar-refractivity contribution is 5.76. The molecule has 19 heteroatoms. The predicted octanol–water partition coefficient (Wildman–Crippen LogP) is 7.99. The van der Waals surface area contributed by atoms with Crippen LogP contribution in [0.4, 0.5) is 0 Å². The Morgan fingerprint density at radius 3 is 1.26 bits per heavy atom. The molecule has 3 rings (SSSR count). The van der Waals surface area contributed by atoms with Crippen LogP contribution in [-0.4, -0.2) is 193 Å². The minimum absolute atomic E-state index is 0.242. The van der Waals surface area contributed by atoms with Crippen molar-refractivity contribution in [2.75, 3.05) is 26.4 Å². The average Bonchev–Trinajstić information content (AvgIpc) is 2.21. The minimum Gasteiger partial charge on any atom is -0.394 e. The predicted molar refractivity (Wildman–Crippen MR) is 332 cm³/mol. The Hall–Kier alpha value is -2.51. The Morgan fingerprint density at radius 2 is 0.802 bits per heavy atom. The topological polar surface area (TPSA) is 307 Å². The van der Waals surface area contributed by atoms with E-state index >= 15 is 0 Å². The van der Waals surface area contributed by atoms with Crippen LogP contribution >= 0.6 is 0 Å². The Bertz CT molecular complexity index is 1800. The van der Waals surface area contributed by atoms with Crippen LogP contribution in [0.2, 0.25) is 0 Å². The maximum absolute atomic E-state index is 13.4. The number of aliphatic hydroxyl groups excluding tert-OH is 11. The van der Waals surface area contributed by atoms with E-state index in [2.05, 4.69) is 79.9 Å². The molecule has 17 unspecified atom stereocenters. The third-order valence-corrected chi connectivity index (χ3v) is 16.6. The molecule has 0 spiro atoms. The molecule has 0 aromatic heterocycles. The summed E-state index contributed by atoms with van der Waals surface area (Å²) in [5.41, 5.74) is 0. The summed E-state index contributed by atoms with van der Waals surface area (Å²) >= 11 is 0. The maximum Gasteiger partial charge on any atom is 0.220 e. The van der Waals surface area contributed by atoms with Crippen LogP contribution in [0.1, 0.15) is 226 Å². The van der Waals surface area contributed by atoms with Crippen LogP contribution in [0.5, 0.6) is 0 Å². The second-order valence-corrected chi connectivity index (χ2v) is 23.9. The monoisotopic (exact) mass is 1230 g/mol. The van der Waals surface area contributed by atoms with E-state index < -0.39 is 124 Å². The number of ether oxygens (including phenoxy) is 6. The average molecular weight is 1230 g/mol. The summed E-state index contributed by atoms with van der Waals surface area (Å²) in [4.78, 5) is 13.4. The molecule has 12 N–H and O–H groups in total. The number of allylic oxidation sites excluding steroid dienone is 10. The zero-order valence-electron chi connectivity index (χ0n) is 52.5. The molecule has 0 aromatic rings. The van der Waals surface area contributed by atoms with E-state index in [0.29, 0.717) is 12.8 Å². The highest BCUT2D eigenvalue weighted by Crippen LogP contribution is 2.33. The number of hydrogen-bond donors (Lipinski definition) is 12. The molecule has 3 aliphatic rings. The maximum atomic E-state index is 13.4. The summed E-state index contributed by atoms with van der Waals surface area (Å²) < 4.78 is 34.4. The van der Waals surface area contributed by atoms with Crippen LogP contribution in [0.15, 0.2) is 60.8 Å². The van der Waals surface area contributed by atoms with Crippen LogP contribution < -0.4 is 5.32 Å². The molecular weight excluding hydrogens is 1110 g/mol. The lowest BCUT2D eigenvalue weighted by atomic mass is 9.96. The van der Waals surface area contributed by atoms with E-state index in [1.807, 2.05) is 0 Å². The van der Waals surface area contributed by atoms with E-state index in [-0.39, 0.29) is 18.9 Å². The molecular formula is C67H119NO18. The lowest BCUT2D eigenvalue weighted by Gasteiger charge is -2.48. The molecule has 0 saturated carbocycles. The van der Waals surface area contributed by atoms with Crippen LogP contribution in [0, 0.1) is 0 Å². The first kappa shape index (κ1) is 77.7. The van der Waals surface area contributed by atoms with Gasteiger partial charge in [-0.05, 0) is 57.8 Å². The molecule has 0 radical (unpaired) electrons. The standard InChI is InChI=1S/C67H119NO18/c1-3-5-7-9-11-13-15-17-19-21-23-25-27-29-31-33-35-37-39-41-43-45-55(73)68-50(51(72)44-42-40-38-36-34-32-30-28-26-24-22-20-18-16-14-12-10-8-6-4-2)49-81-65-61(79)58(76)63(53(47-70)83-65)86-67-62(80)59(77)64(54(48-71)84-67)85-66-60(78)57(75)56(74)52(46-69)82-66/h5,7,11,13,17,19,23,25,29,31,50-54,56-67,69-72,74-80H,3-4,6,8-10,12,14-16,18,20-22,24,26-28,30,32-49H2,1-2H3,(H,68,73)/b7-5-,13-11-,19-17-,25-23-,31-29-. The van der Waals surface area contributed by atoms with Gasteiger partial charge in [0.15, 0.2) is 18.9 Å². The number of aliphatic hydroxyl groups is 11. The number of hydrogen-bond acceptors (Lipinski definition) is 18. The van der Waals surface area contributed by atoms with Gasteiger partial charge < -0.3 is 89.9 Å². The smallest absolute Gasteiger partial charge is 0.220 e. The van der Waals surface area contributed by atoms with E-state index in [9.17, 15) is 61.0 Å². The largest absolute Gasteiger partial charge is 0.394 e. The summed E-state index contributed by atoms with van der Waals surface area (Å²) in [5, 5.41) is 121. The first-order chi connectivity index (χ1) is 41.8. The fraction of sp³-hybridized carbons (Fsp3) is 0.836. The molecule has 500 valence electrons.